The maximum Gasteiger partial charge on any atom is 0.411 e. The Hall–Kier alpha value is -1.14. The van der Waals surface area contributed by atoms with Crippen molar-refractivity contribution in [1.29, 1.82) is 0 Å². The fraction of sp³-hybridized carbons (Fsp3) is 0.538. The quantitative estimate of drug-likeness (QED) is 0.583. The SMILES string of the molecule is Fc1cccc(CCNCCCOCC(F)(F)F)c1. The van der Waals surface area contributed by atoms with E-state index in [0.29, 0.717) is 25.9 Å². The van der Waals surface area contributed by atoms with Gasteiger partial charge in [-0.2, -0.15) is 13.2 Å². The second-order valence-electron chi connectivity index (χ2n) is 4.15. The van der Waals surface area contributed by atoms with Gasteiger partial charge in [0.05, 0.1) is 0 Å². The molecule has 0 heterocycles. The molecule has 1 N–H and O–H groups in total. The van der Waals surface area contributed by atoms with Gasteiger partial charge in [0.1, 0.15) is 12.4 Å². The first-order valence-electron chi connectivity index (χ1n) is 6.07. The summed E-state index contributed by atoms with van der Waals surface area (Å²) in [5, 5.41) is 3.07. The number of nitrogens with one attached hydrogen (secondary N) is 1. The molecule has 0 aliphatic carbocycles. The highest BCUT2D eigenvalue weighted by Gasteiger charge is 2.27. The van der Waals surface area contributed by atoms with E-state index in [0.717, 1.165) is 5.56 Å². The summed E-state index contributed by atoms with van der Waals surface area (Å²) in [7, 11) is 0. The van der Waals surface area contributed by atoms with Crippen LogP contribution in [-0.2, 0) is 11.2 Å². The minimum Gasteiger partial charge on any atom is -0.372 e. The topological polar surface area (TPSA) is 21.3 Å². The van der Waals surface area contributed by atoms with E-state index in [1.54, 1.807) is 6.07 Å². The largest absolute Gasteiger partial charge is 0.411 e. The molecule has 2 nitrogen and oxygen atoms in total. The van der Waals surface area contributed by atoms with Crippen LogP contribution in [0.25, 0.3) is 0 Å². The van der Waals surface area contributed by atoms with Crippen LogP contribution in [0.5, 0.6) is 0 Å². The molecular formula is C13H17F4NO. The summed E-state index contributed by atoms with van der Waals surface area (Å²) < 4.78 is 52.5. The summed E-state index contributed by atoms with van der Waals surface area (Å²) in [5.41, 5.74) is 0.890. The van der Waals surface area contributed by atoms with E-state index in [4.69, 9.17) is 0 Å². The van der Waals surface area contributed by atoms with Gasteiger partial charge in [-0.1, -0.05) is 12.1 Å². The molecule has 0 saturated carbocycles. The third kappa shape index (κ3) is 8.56. The predicted octanol–water partition coefficient (Wildman–Crippen LogP) is 2.93. The zero-order chi connectivity index (χ0) is 14.1. The van der Waals surface area contributed by atoms with E-state index in [1.807, 2.05) is 6.07 Å². The van der Waals surface area contributed by atoms with Crippen molar-refractivity contribution in [2.45, 2.75) is 19.0 Å². The lowest BCUT2D eigenvalue weighted by Crippen LogP contribution is -2.22. The normalized spacial score (nSPS) is 11.8. The van der Waals surface area contributed by atoms with Gasteiger partial charge in [0, 0.05) is 6.61 Å². The molecular weight excluding hydrogens is 262 g/mol. The van der Waals surface area contributed by atoms with Gasteiger partial charge in [-0.15, -0.1) is 0 Å². The molecule has 0 fully saturated rings. The molecule has 0 aliphatic heterocycles. The zero-order valence-corrected chi connectivity index (χ0v) is 10.5. The van der Waals surface area contributed by atoms with Crippen molar-refractivity contribution < 1.29 is 22.3 Å². The Labute approximate surface area is 109 Å². The Balaban J connectivity index is 1.97. The highest BCUT2D eigenvalue weighted by Crippen LogP contribution is 2.14. The van der Waals surface area contributed by atoms with Crippen molar-refractivity contribution in [3.8, 4) is 0 Å². The summed E-state index contributed by atoms with van der Waals surface area (Å²) in [6.45, 7) is 0.110. The molecule has 0 bridgehead atoms. The third-order valence-corrected chi connectivity index (χ3v) is 2.39. The molecule has 108 valence electrons. The molecule has 1 aromatic rings. The van der Waals surface area contributed by atoms with Crippen molar-refractivity contribution >= 4 is 0 Å². The molecule has 1 aromatic carbocycles. The maximum absolute atomic E-state index is 12.8. The van der Waals surface area contributed by atoms with E-state index in [9.17, 15) is 17.6 Å². The zero-order valence-electron chi connectivity index (χ0n) is 10.5. The van der Waals surface area contributed by atoms with Crippen LogP contribution in [0.1, 0.15) is 12.0 Å². The molecule has 0 amide bonds. The van der Waals surface area contributed by atoms with Crippen LogP contribution in [0, 0.1) is 5.82 Å². The predicted molar refractivity (Wildman–Crippen MR) is 64.5 cm³/mol. The molecule has 0 atom stereocenters. The summed E-state index contributed by atoms with van der Waals surface area (Å²) in [4.78, 5) is 0. The number of rotatable bonds is 8. The average molecular weight is 279 g/mol. The standard InChI is InChI=1S/C13H17F4NO/c14-12-4-1-3-11(9-12)5-7-18-6-2-8-19-10-13(15,16)17/h1,3-4,9,18H,2,5-8,10H2. The molecule has 1 rings (SSSR count). The molecule has 6 heteroatoms. The number of benzene rings is 1. The number of hydrogen-bond donors (Lipinski definition) is 1. The Morgan fingerprint density at radius 2 is 1.95 bits per heavy atom. The summed E-state index contributed by atoms with van der Waals surface area (Å²) in [6.07, 6.45) is -3.06. The molecule has 19 heavy (non-hydrogen) atoms. The minimum atomic E-state index is -4.26. The summed E-state index contributed by atoms with van der Waals surface area (Å²) in [5.74, 6) is -0.266. The Kier molecular flexibility index (Phi) is 6.80. The lowest BCUT2D eigenvalue weighted by Gasteiger charge is -2.08. The van der Waals surface area contributed by atoms with Gasteiger partial charge in [0.25, 0.3) is 0 Å². The van der Waals surface area contributed by atoms with E-state index >= 15 is 0 Å². The van der Waals surface area contributed by atoms with Crippen molar-refractivity contribution in [2.24, 2.45) is 0 Å². The molecule has 0 aliphatic rings. The first kappa shape index (κ1) is 15.9. The van der Waals surface area contributed by atoms with E-state index in [-0.39, 0.29) is 12.4 Å². The number of alkyl halides is 3. The van der Waals surface area contributed by atoms with Crippen LogP contribution in [0.3, 0.4) is 0 Å². The minimum absolute atomic E-state index is 0.0759. The molecule has 0 radical (unpaired) electrons. The molecule has 0 saturated heterocycles. The van der Waals surface area contributed by atoms with Crippen molar-refractivity contribution in [2.75, 3.05) is 26.3 Å². The Morgan fingerprint density at radius 1 is 1.16 bits per heavy atom. The van der Waals surface area contributed by atoms with Crippen LogP contribution >= 0.6 is 0 Å². The average Bonchev–Trinajstić information content (AvgIpc) is 2.31. The second kappa shape index (κ2) is 8.12. The lowest BCUT2D eigenvalue weighted by molar-refractivity contribution is -0.173. The molecule has 0 aromatic heterocycles. The van der Waals surface area contributed by atoms with Crippen molar-refractivity contribution in [1.82, 2.24) is 5.32 Å². The Morgan fingerprint density at radius 3 is 2.63 bits per heavy atom. The van der Waals surface area contributed by atoms with Crippen molar-refractivity contribution in [3.05, 3.63) is 35.6 Å². The van der Waals surface area contributed by atoms with Gasteiger partial charge in [-0.3, -0.25) is 0 Å². The van der Waals surface area contributed by atoms with Gasteiger partial charge in [-0.05, 0) is 43.6 Å². The van der Waals surface area contributed by atoms with Crippen molar-refractivity contribution in [3.63, 3.8) is 0 Å². The summed E-state index contributed by atoms with van der Waals surface area (Å²) >= 11 is 0. The highest BCUT2D eigenvalue weighted by atomic mass is 19.4. The Bertz CT molecular complexity index is 368. The van der Waals surface area contributed by atoms with E-state index in [1.165, 1.54) is 12.1 Å². The number of halogens is 4. The monoisotopic (exact) mass is 279 g/mol. The van der Waals surface area contributed by atoms with E-state index in [2.05, 4.69) is 10.1 Å². The summed E-state index contributed by atoms with van der Waals surface area (Å²) in [6, 6.07) is 6.33. The van der Waals surface area contributed by atoms with Gasteiger partial charge >= 0.3 is 6.18 Å². The van der Waals surface area contributed by atoms with Gasteiger partial charge in [0.2, 0.25) is 0 Å². The van der Waals surface area contributed by atoms with Crippen LogP contribution < -0.4 is 5.32 Å². The fourth-order valence-electron chi connectivity index (χ4n) is 1.54. The first-order valence-corrected chi connectivity index (χ1v) is 6.07. The first-order chi connectivity index (χ1) is 8.97. The van der Waals surface area contributed by atoms with Crippen LogP contribution in [0.2, 0.25) is 0 Å². The fourth-order valence-corrected chi connectivity index (χ4v) is 1.54. The number of hydrogen-bond acceptors (Lipinski definition) is 2. The third-order valence-electron chi connectivity index (χ3n) is 2.39. The van der Waals surface area contributed by atoms with Crippen LogP contribution in [0.15, 0.2) is 24.3 Å². The van der Waals surface area contributed by atoms with Crippen LogP contribution in [0.4, 0.5) is 17.6 Å². The van der Waals surface area contributed by atoms with Gasteiger partial charge < -0.3 is 10.1 Å². The van der Waals surface area contributed by atoms with Crippen LogP contribution in [-0.4, -0.2) is 32.5 Å². The van der Waals surface area contributed by atoms with Gasteiger partial charge in [0.15, 0.2) is 0 Å². The number of ether oxygens (including phenoxy) is 1. The lowest BCUT2D eigenvalue weighted by atomic mass is 10.1. The maximum atomic E-state index is 12.8. The highest BCUT2D eigenvalue weighted by molar-refractivity contribution is 5.16. The smallest absolute Gasteiger partial charge is 0.372 e. The second-order valence-corrected chi connectivity index (χ2v) is 4.15. The van der Waals surface area contributed by atoms with E-state index < -0.39 is 12.8 Å². The molecule has 0 spiro atoms. The molecule has 0 unspecified atom stereocenters. The van der Waals surface area contributed by atoms with Gasteiger partial charge in [-0.25, -0.2) is 4.39 Å².